The molecule has 0 amide bonds. The Labute approximate surface area is 626 Å². The maximum Gasteiger partial charge on any atom is 0.179 e. The molecule has 5 nitrogen and oxygen atoms in total. The normalized spacial score (nSPS) is 18.8. The fourth-order valence-corrected chi connectivity index (χ4v) is 20.5. The number of para-hydroxylation sites is 4. The Morgan fingerprint density at radius 1 is 0.406 bits per heavy atom. The number of alkyl halides is 1. The Morgan fingerprint density at radius 2 is 0.844 bits per heavy atom. The SMILES string of the molecule is [2H]c1c([2H])c([2H])c([Si](c2c([2H])c([2H])c([2H])c([2H])c2[2H])(c2c([2H])c([2H])c([2H])c([2H])c2[2H])c2c([2H])c([2H])c([2H])c(-c3cccc(-c4c([2H])c([2H])c([2H])c([Si](c5c([2H])c([2H])c([2H])c([2H])c5[2H])(c5c([2H])c([2H])c([2H])c([2H])c5[2H])c5c([2H])c([2H])c([2H])c([2H])c5[2H])c4[2H])c3N3c4ccccc4N(c4cccc(Oc5ccc6c7ccccc7n(-c7cc(C(C)(C)C)ccn7)c6c5)c4)C3Br)c2[2H])c([2H])c1[2H]. The molecular formula is C88H69BrN4OSi2. The van der Waals surface area contributed by atoms with Gasteiger partial charge in [-0.25, -0.2) is 4.98 Å². The Kier molecular flexibility index (Phi) is 8.26. The molecule has 1 aliphatic rings. The average molecular weight is 1370 g/mol. The minimum absolute atomic E-state index is 0.0297. The third-order valence-electron chi connectivity index (χ3n) is 16.7. The first kappa shape index (κ1) is 31.6. The molecule has 462 valence electrons. The molecule has 0 saturated carbocycles. The van der Waals surface area contributed by atoms with E-state index in [9.17, 15) is 43.9 Å². The predicted molar refractivity (Wildman–Crippen MR) is 412 cm³/mol. The maximum absolute atomic E-state index is 11.3. The second-order valence-electron chi connectivity index (χ2n) is 23.0. The van der Waals surface area contributed by atoms with E-state index in [2.05, 4.69) is 36.7 Å². The number of benzene rings is 13. The monoisotopic (exact) mass is 1370 g/mol. The second kappa shape index (κ2) is 25.1. The van der Waals surface area contributed by atoms with Gasteiger partial charge in [0.1, 0.15) is 17.3 Å². The van der Waals surface area contributed by atoms with Crippen molar-refractivity contribution < 1.29 is 56.8 Å². The zero-order valence-electron chi connectivity index (χ0n) is 88.8. The summed E-state index contributed by atoms with van der Waals surface area (Å²) in [5.74, 6) is 1.13. The van der Waals surface area contributed by atoms with Crippen LogP contribution in [0.2, 0.25) is 0 Å². The van der Waals surface area contributed by atoms with E-state index in [0.29, 0.717) is 17.1 Å². The molecule has 3 heterocycles. The minimum atomic E-state index is -6.72. The fraction of sp³-hybridized carbons (Fsp3) is 0.0568. The highest BCUT2D eigenvalue weighted by molar-refractivity contribution is 9.09. The molecule has 1 atom stereocenters. The van der Waals surface area contributed by atoms with Gasteiger partial charge in [0, 0.05) is 45.9 Å². The summed E-state index contributed by atoms with van der Waals surface area (Å²) in [5.41, 5.74) is -1.07. The molecule has 0 saturated heterocycles. The molecule has 0 aliphatic carbocycles. The van der Waals surface area contributed by atoms with Crippen molar-refractivity contribution in [2.45, 2.75) is 31.3 Å². The number of hydrogen-bond donors (Lipinski definition) is 0. The molecule has 2 aromatic heterocycles. The van der Waals surface area contributed by atoms with Crippen molar-refractivity contribution in [2.24, 2.45) is 0 Å². The number of anilines is 4. The number of aromatic nitrogens is 2. The first-order valence-corrected chi connectivity index (χ1v) is 34.8. The highest BCUT2D eigenvalue weighted by Gasteiger charge is 2.44. The molecule has 8 heteroatoms. The van der Waals surface area contributed by atoms with Crippen molar-refractivity contribution in [3.05, 3.63) is 363 Å². The van der Waals surface area contributed by atoms with Gasteiger partial charge in [-0.05, 0) is 134 Å². The van der Waals surface area contributed by atoms with Gasteiger partial charge in [0.05, 0.1) is 80.2 Å². The van der Waals surface area contributed by atoms with Crippen molar-refractivity contribution in [1.29, 1.82) is 0 Å². The van der Waals surface area contributed by atoms with E-state index < -0.39 is 320 Å². The highest BCUT2D eigenvalue weighted by atomic mass is 79.9. The fourth-order valence-electron chi connectivity index (χ4n) is 12.5. The quantitative estimate of drug-likeness (QED) is 0.0443. The summed E-state index contributed by atoms with van der Waals surface area (Å²) in [6, 6.07) is -15.3. The van der Waals surface area contributed by atoms with E-state index in [0.717, 1.165) is 40.1 Å². The van der Waals surface area contributed by atoms with Gasteiger partial charge in [-0.3, -0.25) is 4.57 Å². The summed E-state index contributed by atoms with van der Waals surface area (Å²) >= 11 is 3.97. The van der Waals surface area contributed by atoms with E-state index in [1.165, 1.54) is 17.0 Å². The van der Waals surface area contributed by atoms with E-state index in [-0.39, 0.29) is 28.2 Å². The molecule has 0 bridgehead atoms. The van der Waals surface area contributed by atoms with E-state index in [1.54, 1.807) is 53.6 Å². The van der Waals surface area contributed by atoms with Gasteiger partial charge < -0.3 is 14.5 Å². The first-order chi connectivity index (χ1) is 62.9. The van der Waals surface area contributed by atoms with Crippen LogP contribution in [-0.4, -0.2) is 30.8 Å². The summed E-state index contributed by atoms with van der Waals surface area (Å²) < 4.78 is 379. The van der Waals surface area contributed by atoms with Crippen LogP contribution in [0.4, 0.5) is 22.7 Å². The van der Waals surface area contributed by atoms with Crippen LogP contribution >= 0.6 is 15.9 Å². The van der Waals surface area contributed by atoms with Crippen LogP contribution < -0.4 is 56.0 Å². The second-order valence-corrected chi connectivity index (χ2v) is 30.8. The third-order valence-corrected chi connectivity index (χ3v) is 25.5. The topological polar surface area (TPSA) is 33.5 Å². The zero-order chi connectivity index (χ0) is 97.9. The summed E-state index contributed by atoms with van der Waals surface area (Å²) in [5, 5.41) is -9.60. The molecule has 16 rings (SSSR count). The Morgan fingerprint density at radius 3 is 1.34 bits per heavy atom. The molecule has 0 N–H and O–H groups in total. The standard InChI is InChI=1S/C88H69BrN4OSi2/c1-88(2,3)65-56-57-90-85(60-65)92-81-51-23-22-48-79(81)80-55-54-68(62-84(80)92)94-67-33-28-32-66(61-67)91-82-52-24-25-53-83(82)93(87(91)89)86-77(63-30-26-46-75(58-63)95(69-34-10-4-11-35-69,70-36-12-5-13-37-70)71-38-14-6-15-39-71)49-29-50-78(86)64-31-27-47-76(59-64)96(72-40-16-7-17-41-72,73-42-18-8-19-43-73)74-44-20-9-21-45-74/h4-62,87H,1-3H3/i4D,5D,6D,7D,8D,9D,10D,11D,12D,13D,14D,15D,16D,17D,18D,19D,20D,21D,26D,27D,30D,31D,34D,35D,36D,37D,38D,39D,40D,41D,42D,43D,44D,45D,46D,47D,58D,59D. The van der Waals surface area contributed by atoms with Crippen molar-refractivity contribution >= 4 is 118 Å². The molecule has 1 aliphatic heterocycles. The summed E-state index contributed by atoms with van der Waals surface area (Å²) in [7, 11) is -13.4. The van der Waals surface area contributed by atoms with Gasteiger partial charge in [0.25, 0.3) is 0 Å². The van der Waals surface area contributed by atoms with E-state index >= 15 is 0 Å². The minimum Gasteiger partial charge on any atom is -0.457 e. The summed E-state index contributed by atoms with van der Waals surface area (Å²) in [6.45, 7) is 6.25. The van der Waals surface area contributed by atoms with Crippen molar-refractivity contribution in [3.63, 3.8) is 0 Å². The van der Waals surface area contributed by atoms with Gasteiger partial charge in [0.2, 0.25) is 0 Å². The van der Waals surface area contributed by atoms with Gasteiger partial charge in [-0.2, -0.15) is 0 Å². The summed E-state index contributed by atoms with van der Waals surface area (Å²) in [6.07, 6.45) is 1.74. The molecule has 13 aromatic carbocycles. The lowest BCUT2D eigenvalue weighted by Gasteiger charge is -2.35. The highest BCUT2D eigenvalue weighted by Crippen LogP contribution is 2.54. The Hall–Kier alpha value is -10.9. The van der Waals surface area contributed by atoms with Gasteiger partial charge in [-0.1, -0.05) is 305 Å². The molecule has 0 spiro atoms. The van der Waals surface area contributed by atoms with Crippen LogP contribution in [0.5, 0.6) is 11.5 Å². The molecule has 0 fully saturated rings. The van der Waals surface area contributed by atoms with Crippen LogP contribution in [0.3, 0.4) is 0 Å². The van der Waals surface area contributed by atoms with Gasteiger partial charge >= 0.3 is 0 Å². The largest absolute Gasteiger partial charge is 0.457 e. The van der Waals surface area contributed by atoms with Crippen LogP contribution in [0.15, 0.2) is 357 Å². The number of pyridine rings is 1. The van der Waals surface area contributed by atoms with Gasteiger partial charge in [-0.15, -0.1) is 0 Å². The van der Waals surface area contributed by atoms with Crippen molar-refractivity contribution in [2.75, 3.05) is 9.80 Å². The molecular weight excluding hydrogens is 1270 g/mol. The number of fused-ring (bicyclic) bond motifs is 4. The van der Waals surface area contributed by atoms with Crippen LogP contribution in [-0.2, 0) is 5.41 Å². The molecule has 15 aromatic rings. The number of hydrogen-bond acceptors (Lipinski definition) is 4. The van der Waals surface area contributed by atoms with Crippen LogP contribution in [0, 0.1) is 0 Å². The van der Waals surface area contributed by atoms with Crippen LogP contribution in [0.25, 0.3) is 49.9 Å². The lowest BCUT2D eigenvalue weighted by atomic mass is 9.88. The summed E-state index contributed by atoms with van der Waals surface area (Å²) in [4.78, 5) is 7.87. The number of halogens is 1. The van der Waals surface area contributed by atoms with E-state index in [1.807, 2.05) is 53.1 Å². The molecule has 0 radical (unpaired) electrons. The van der Waals surface area contributed by atoms with Crippen LogP contribution in [0.1, 0.15) is 78.4 Å². The van der Waals surface area contributed by atoms with E-state index in [4.69, 9.17) is 17.9 Å². The molecule has 1 unspecified atom stereocenters. The Balaban J connectivity index is 1.08. The smallest absolute Gasteiger partial charge is 0.179 e. The van der Waals surface area contributed by atoms with Gasteiger partial charge in [0.15, 0.2) is 21.2 Å². The molecule has 96 heavy (non-hydrogen) atoms. The lowest BCUT2D eigenvalue weighted by molar-refractivity contribution is 0.483. The number of rotatable bonds is 15. The first-order valence-electron chi connectivity index (χ1n) is 48.8. The predicted octanol–water partition coefficient (Wildman–Crippen LogP) is 17.3. The van der Waals surface area contributed by atoms with Crippen molar-refractivity contribution in [1.82, 2.24) is 9.55 Å². The maximum atomic E-state index is 11.3. The van der Waals surface area contributed by atoms with Crippen molar-refractivity contribution in [3.8, 4) is 39.6 Å². The zero-order valence-corrected chi connectivity index (χ0v) is 54.4. The average Bonchev–Trinajstić information content (AvgIpc) is 1.40. The Bertz CT molecular complexity index is 6910. The number of nitrogens with zero attached hydrogens (tertiary/aromatic N) is 4. The lowest BCUT2D eigenvalue weighted by Crippen LogP contribution is -2.74. The third kappa shape index (κ3) is 10.4. The number of ether oxygens (including phenoxy) is 1.